The molecule has 0 bridgehead atoms. The SMILES string of the molecule is CCCCCCCCn1c(C)c(-c2oc(O)c3cccnc23)c2ccccc21. The van der Waals surface area contributed by atoms with Crippen LogP contribution in [0.5, 0.6) is 5.95 Å². The van der Waals surface area contributed by atoms with Crippen molar-refractivity contribution in [1.82, 2.24) is 9.55 Å². The first-order chi connectivity index (χ1) is 13.7. The van der Waals surface area contributed by atoms with Crippen molar-refractivity contribution in [3.8, 4) is 17.3 Å². The number of aromatic hydroxyl groups is 1. The summed E-state index contributed by atoms with van der Waals surface area (Å²) in [6.45, 7) is 5.39. The summed E-state index contributed by atoms with van der Waals surface area (Å²) in [5, 5.41) is 12.1. The summed E-state index contributed by atoms with van der Waals surface area (Å²) in [5.41, 5.74) is 4.12. The summed E-state index contributed by atoms with van der Waals surface area (Å²) in [4.78, 5) is 4.48. The topological polar surface area (TPSA) is 51.2 Å². The molecule has 0 aliphatic carbocycles. The number of unbranched alkanes of at least 4 members (excludes halogenated alkanes) is 5. The minimum absolute atomic E-state index is 0.0646. The van der Waals surface area contributed by atoms with E-state index < -0.39 is 0 Å². The third kappa shape index (κ3) is 3.28. The Kier molecular flexibility index (Phi) is 5.38. The zero-order chi connectivity index (χ0) is 19.5. The molecule has 0 atom stereocenters. The van der Waals surface area contributed by atoms with Crippen LogP contribution in [0, 0.1) is 6.92 Å². The van der Waals surface area contributed by atoms with Crippen LogP contribution in [-0.2, 0) is 6.54 Å². The number of para-hydroxylation sites is 1. The maximum absolute atomic E-state index is 10.3. The molecule has 3 aromatic heterocycles. The maximum Gasteiger partial charge on any atom is 0.292 e. The van der Waals surface area contributed by atoms with Crippen molar-refractivity contribution < 1.29 is 9.52 Å². The van der Waals surface area contributed by atoms with Crippen LogP contribution in [0.1, 0.15) is 51.1 Å². The molecule has 28 heavy (non-hydrogen) atoms. The van der Waals surface area contributed by atoms with Crippen molar-refractivity contribution >= 4 is 21.8 Å². The van der Waals surface area contributed by atoms with Gasteiger partial charge in [-0.2, -0.15) is 0 Å². The van der Waals surface area contributed by atoms with E-state index in [0.29, 0.717) is 16.7 Å². The van der Waals surface area contributed by atoms with E-state index in [1.54, 1.807) is 6.20 Å². The largest absolute Gasteiger partial charge is 0.480 e. The first-order valence-corrected chi connectivity index (χ1v) is 10.4. The number of furan rings is 1. The molecule has 4 rings (SSSR count). The number of benzene rings is 1. The lowest BCUT2D eigenvalue weighted by atomic mass is 10.1. The second-order valence-corrected chi connectivity index (χ2v) is 7.53. The second kappa shape index (κ2) is 8.09. The standard InChI is InChI=1S/C24H28N2O2/c1-3-4-5-6-7-10-16-26-17(2)21(18-12-8-9-14-20(18)26)23-22-19(24(27)28-23)13-11-15-25-22/h8-9,11-15,27H,3-7,10,16H2,1-2H3. The van der Waals surface area contributed by atoms with E-state index in [9.17, 15) is 5.11 Å². The van der Waals surface area contributed by atoms with E-state index in [2.05, 4.69) is 47.7 Å². The Morgan fingerprint density at radius 1 is 0.964 bits per heavy atom. The van der Waals surface area contributed by atoms with Crippen LogP contribution in [0.15, 0.2) is 47.0 Å². The lowest BCUT2D eigenvalue weighted by Gasteiger charge is -2.08. The molecule has 0 amide bonds. The summed E-state index contributed by atoms with van der Waals surface area (Å²) in [6.07, 6.45) is 9.42. The molecule has 0 aliphatic heterocycles. The molecule has 4 heteroatoms. The van der Waals surface area contributed by atoms with E-state index >= 15 is 0 Å². The van der Waals surface area contributed by atoms with Gasteiger partial charge in [0.1, 0.15) is 5.52 Å². The lowest BCUT2D eigenvalue weighted by molar-refractivity contribution is 0.343. The zero-order valence-electron chi connectivity index (χ0n) is 16.7. The highest BCUT2D eigenvalue weighted by atomic mass is 16.5. The van der Waals surface area contributed by atoms with Gasteiger partial charge in [-0.25, -0.2) is 0 Å². The van der Waals surface area contributed by atoms with Gasteiger partial charge in [0.15, 0.2) is 5.76 Å². The molecule has 1 aromatic carbocycles. The predicted molar refractivity (Wildman–Crippen MR) is 115 cm³/mol. The van der Waals surface area contributed by atoms with Crippen LogP contribution in [0.4, 0.5) is 0 Å². The lowest BCUT2D eigenvalue weighted by Crippen LogP contribution is -2.00. The molecule has 1 N–H and O–H groups in total. The first-order valence-electron chi connectivity index (χ1n) is 10.4. The number of pyridine rings is 1. The number of nitrogens with zero attached hydrogens (tertiary/aromatic N) is 2. The Labute approximate surface area is 165 Å². The summed E-state index contributed by atoms with van der Waals surface area (Å²) in [7, 11) is 0. The van der Waals surface area contributed by atoms with Crippen LogP contribution in [0.3, 0.4) is 0 Å². The fraction of sp³-hybridized carbons (Fsp3) is 0.375. The van der Waals surface area contributed by atoms with Crippen LogP contribution in [0.2, 0.25) is 0 Å². The van der Waals surface area contributed by atoms with Crippen molar-refractivity contribution in [1.29, 1.82) is 0 Å². The Morgan fingerprint density at radius 2 is 1.71 bits per heavy atom. The number of aryl methyl sites for hydroxylation is 1. The molecule has 146 valence electrons. The van der Waals surface area contributed by atoms with Crippen molar-refractivity contribution in [3.63, 3.8) is 0 Å². The highest BCUT2D eigenvalue weighted by Crippen LogP contribution is 2.42. The molecule has 0 fully saturated rings. The number of aromatic nitrogens is 2. The fourth-order valence-corrected chi connectivity index (χ4v) is 4.18. The van der Waals surface area contributed by atoms with Gasteiger partial charge < -0.3 is 14.1 Å². The molecule has 0 unspecified atom stereocenters. The maximum atomic E-state index is 10.3. The smallest absolute Gasteiger partial charge is 0.292 e. The number of hydrogen-bond donors (Lipinski definition) is 1. The molecule has 4 aromatic rings. The normalized spacial score (nSPS) is 11.6. The van der Waals surface area contributed by atoms with Gasteiger partial charge >= 0.3 is 0 Å². The van der Waals surface area contributed by atoms with Gasteiger partial charge in [0.2, 0.25) is 0 Å². The van der Waals surface area contributed by atoms with Gasteiger partial charge in [0.25, 0.3) is 5.95 Å². The molecule has 0 saturated heterocycles. The van der Waals surface area contributed by atoms with E-state index in [1.807, 2.05) is 12.1 Å². The first kappa shape index (κ1) is 18.6. The molecular formula is C24H28N2O2. The molecule has 0 saturated carbocycles. The van der Waals surface area contributed by atoms with Crippen molar-refractivity contribution in [2.24, 2.45) is 0 Å². The van der Waals surface area contributed by atoms with Gasteiger partial charge in [0.05, 0.1) is 5.39 Å². The van der Waals surface area contributed by atoms with Crippen LogP contribution in [0.25, 0.3) is 33.1 Å². The van der Waals surface area contributed by atoms with Gasteiger partial charge in [-0.05, 0) is 31.5 Å². The number of rotatable bonds is 8. The predicted octanol–water partition coefficient (Wildman–Crippen LogP) is 6.82. The molecule has 0 spiro atoms. The summed E-state index contributed by atoms with van der Waals surface area (Å²) in [5.74, 6) is 0.591. The molecule has 4 nitrogen and oxygen atoms in total. The van der Waals surface area contributed by atoms with Gasteiger partial charge in [-0.3, -0.25) is 4.98 Å². The van der Waals surface area contributed by atoms with Crippen LogP contribution < -0.4 is 0 Å². The third-order valence-corrected chi connectivity index (χ3v) is 5.65. The van der Waals surface area contributed by atoms with Gasteiger partial charge in [-0.1, -0.05) is 57.2 Å². The summed E-state index contributed by atoms with van der Waals surface area (Å²) < 4.78 is 8.19. The highest BCUT2D eigenvalue weighted by molar-refractivity contribution is 6.04. The number of fused-ring (bicyclic) bond motifs is 2. The van der Waals surface area contributed by atoms with E-state index in [4.69, 9.17) is 4.42 Å². The Balaban J connectivity index is 1.72. The van der Waals surface area contributed by atoms with Crippen molar-refractivity contribution in [3.05, 3.63) is 48.3 Å². The fourth-order valence-electron chi connectivity index (χ4n) is 4.18. The second-order valence-electron chi connectivity index (χ2n) is 7.53. The van der Waals surface area contributed by atoms with Crippen LogP contribution >= 0.6 is 0 Å². The highest BCUT2D eigenvalue weighted by Gasteiger charge is 2.22. The third-order valence-electron chi connectivity index (χ3n) is 5.65. The van der Waals surface area contributed by atoms with Crippen molar-refractivity contribution in [2.45, 2.75) is 58.9 Å². The summed E-state index contributed by atoms with van der Waals surface area (Å²) in [6, 6.07) is 12.1. The van der Waals surface area contributed by atoms with Gasteiger partial charge in [-0.15, -0.1) is 0 Å². The van der Waals surface area contributed by atoms with Crippen molar-refractivity contribution in [2.75, 3.05) is 0 Å². The summed E-state index contributed by atoms with van der Waals surface area (Å²) >= 11 is 0. The minimum Gasteiger partial charge on any atom is -0.480 e. The van der Waals surface area contributed by atoms with Gasteiger partial charge in [0, 0.05) is 34.9 Å². The Morgan fingerprint density at radius 3 is 2.57 bits per heavy atom. The zero-order valence-corrected chi connectivity index (χ0v) is 16.7. The van der Waals surface area contributed by atoms with E-state index in [1.165, 1.54) is 44.0 Å². The minimum atomic E-state index is -0.0646. The Hall–Kier alpha value is -2.75. The average molecular weight is 377 g/mol. The van der Waals surface area contributed by atoms with E-state index in [-0.39, 0.29) is 5.95 Å². The number of hydrogen-bond acceptors (Lipinski definition) is 3. The molecular weight excluding hydrogens is 348 g/mol. The Bertz CT molecular complexity index is 1090. The monoisotopic (exact) mass is 376 g/mol. The van der Waals surface area contributed by atoms with Crippen LogP contribution in [-0.4, -0.2) is 14.7 Å². The molecule has 3 heterocycles. The quantitative estimate of drug-likeness (QED) is 0.343. The average Bonchev–Trinajstić information content (AvgIpc) is 3.19. The van der Waals surface area contributed by atoms with E-state index in [0.717, 1.165) is 23.2 Å². The molecule has 0 aliphatic rings. The molecule has 0 radical (unpaired) electrons.